The summed E-state index contributed by atoms with van der Waals surface area (Å²) in [5.41, 5.74) is 0.719. The molecule has 1 amide bonds. The van der Waals surface area contributed by atoms with E-state index >= 15 is 0 Å². The topological polar surface area (TPSA) is 111 Å². The Hall–Kier alpha value is -2.90. The van der Waals surface area contributed by atoms with Gasteiger partial charge in [-0.2, -0.15) is 0 Å². The number of nitro groups is 1. The third kappa shape index (κ3) is 3.81. The molecule has 0 bridgehead atoms. The number of nitrogens with one attached hydrogen (secondary N) is 2. The molecule has 116 valence electrons. The molecule has 0 aromatic heterocycles. The van der Waals surface area contributed by atoms with Gasteiger partial charge in [0.1, 0.15) is 5.69 Å². The molecule has 0 saturated carbocycles. The van der Waals surface area contributed by atoms with E-state index in [4.69, 9.17) is 0 Å². The van der Waals surface area contributed by atoms with Gasteiger partial charge in [-0.3, -0.25) is 14.9 Å². The lowest BCUT2D eigenvalue weighted by atomic mass is 10.1. The van der Waals surface area contributed by atoms with Gasteiger partial charge in [0, 0.05) is 25.1 Å². The van der Waals surface area contributed by atoms with Crippen LogP contribution in [-0.2, 0) is 14.3 Å². The quantitative estimate of drug-likeness (QED) is 0.364. The Morgan fingerprint density at radius 2 is 2.32 bits per heavy atom. The van der Waals surface area contributed by atoms with Crippen molar-refractivity contribution in [3.8, 4) is 0 Å². The predicted octanol–water partition coefficient (Wildman–Crippen LogP) is 1.08. The number of anilines is 1. The Kier molecular flexibility index (Phi) is 4.72. The van der Waals surface area contributed by atoms with Crippen LogP contribution < -0.4 is 10.6 Å². The number of nitrogens with zero attached hydrogens (tertiary/aromatic N) is 1. The molecular formula is C14H15N3O5. The molecule has 1 aromatic rings. The van der Waals surface area contributed by atoms with Gasteiger partial charge in [0.25, 0.3) is 5.69 Å². The monoisotopic (exact) mass is 305 g/mol. The van der Waals surface area contributed by atoms with E-state index in [0.717, 1.165) is 0 Å². The van der Waals surface area contributed by atoms with Crippen LogP contribution in [0.2, 0.25) is 0 Å². The molecule has 22 heavy (non-hydrogen) atoms. The maximum atomic E-state index is 11.2. The Morgan fingerprint density at radius 1 is 1.55 bits per heavy atom. The fraction of sp³-hybridized carbons (Fsp3) is 0.286. The minimum absolute atomic E-state index is 0.0854. The second-order valence-corrected chi connectivity index (χ2v) is 4.74. The first-order chi connectivity index (χ1) is 10.5. The number of hydrogen-bond donors (Lipinski definition) is 2. The van der Waals surface area contributed by atoms with E-state index in [2.05, 4.69) is 15.4 Å². The number of amides is 1. The summed E-state index contributed by atoms with van der Waals surface area (Å²) in [5, 5.41) is 16.8. The first-order valence-electron chi connectivity index (χ1n) is 6.57. The van der Waals surface area contributed by atoms with E-state index in [9.17, 15) is 19.7 Å². The number of benzene rings is 1. The molecule has 1 heterocycles. The molecule has 1 aliphatic heterocycles. The lowest BCUT2D eigenvalue weighted by molar-refractivity contribution is -0.384. The molecule has 8 nitrogen and oxygen atoms in total. The van der Waals surface area contributed by atoms with Gasteiger partial charge in [0.05, 0.1) is 18.1 Å². The molecule has 2 rings (SSSR count). The van der Waals surface area contributed by atoms with Crippen molar-refractivity contribution in [1.29, 1.82) is 0 Å². The van der Waals surface area contributed by atoms with Crippen molar-refractivity contribution in [2.75, 3.05) is 19.0 Å². The smallest absolute Gasteiger partial charge is 0.330 e. The predicted molar refractivity (Wildman–Crippen MR) is 79.2 cm³/mol. The highest BCUT2D eigenvalue weighted by Gasteiger charge is 2.24. The molecular weight excluding hydrogens is 290 g/mol. The normalized spacial score (nSPS) is 17.3. The minimum atomic E-state index is -0.541. The fourth-order valence-electron chi connectivity index (χ4n) is 2.08. The summed E-state index contributed by atoms with van der Waals surface area (Å²) in [7, 11) is 1.25. The van der Waals surface area contributed by atoms with Gasteiger partial charge in [-0.15, -0.1) is 0 Å². The molecule has 1 aliphatic rings. The maximum absolute atomic E-state index is 11.2. The summed E-state index contributed by atoms with van der Waals surface area (Å²) in [6.07, 6.45) is 2.90. The number of methoxy groups -OCH3 is 1. The lowest BCUT2D eigenvalue weighted by Gasteiger charge is -2.12. The van der Waals surface area contributed by atoms with Gasteiger partial charge in [0.15, 0.2) is 0 Å². The summed E-state index contributed by atoms with van der Waals surface area (Å²) >= 11 is 0. The second-order valence-electron chi connectivity index (χ2n) is 4.74. The van der Waals surface area contributed by atoms with E-state index < -0.39 is 10.9 Å². The van der Waals surface area contributed by atoms with Gasteiger partial charge >= 0.3 is 5.97 Å². The highest BCUT2D eigenvalue weighted by molar-refractivity contribution is 5.87. The highest BCUT2D eigenvalue weighted by Crippen LogP contribution is 2.27. The molecule has 0 radical (unpaired) electrons. The van der Waals surface area contributed by atoms with Crippen molar-refractivity contribution in [2.45, 2.75) is 12.5 Å². The molecule has 0 spiro atoms. The molecule has 0 aliphatic carbocycles. The molecule has 1 atom stereocenters. The van der Waals surface area contributed by atoms with Crippen molar-refractivity contribution in [1.82, 2.24) is 5.32 Å². The van der Waals surface area contributed by atoms with Crippen LogP contribution in [0.3, 0.4) is 0 Å². The summed E-state index contributed by atoms with van der Waals surface area (Å²) in [4.78, 5) is 32.9. The average molecular weight is 305 g/mol. The van der Waals surface area contributed by atoms with Crippen LogP contribution in [0.4, 0.5) is 11.4 Å². The van der Waals surface area contributed by atoms with E-state index in [-0.39, 0.29) is 24.1 Å². The standard InChI is InChI=1S/C14H15N3O5/c1-22-14(19)5-3-9-2-4-11(12(6-9)17(20)21)16-10-7-13(18)15-8-10/h2-6,10,16H,7-8H2,1H3,(H,15,18)/b5-3+. The molecule has 1 fully saturated rings. The van der Waals surface area contributed by atoms with Crippen LogP contribution in [0.1, 0.15) is 12.0 Å². The van der Waals surface area contributed by atoms with Crippen LogP contribution in [0, 0.1) is 10.1 Å². The first-order valence-corrected chi connectivity index (χ1v) is 6.57. The molecule has 1 unspecified atom stereocenters. The number of nitro benzene ring substituents is 1. The summed E-state index contributed by atoms with van der Waals surface area (Å²) in [6.45, 7) is 0.431. The van der Waals surface area contributed by atoms with Crippen LogP contribution >= 0.6 is 0 Å². The minimum Gasteiger partial charge on any atom is -0.466 e. The van der Waals surface area contributed by atoms with Gasteiger partial charge in [-0.1, -0.05) is 6.07 Å². The Labute approximate surface area is 126 Å². The van der Waals surface area contributed by atoms with Crippen molar-refractivity contribution in [3.05, 3.63) is 40.0 Å². The number of carbonyl (C=O) groups excluding carboxylic acids is 2. The number of ether oxygens (including phenoxy) is 1. The first kappa shape index (κ1) is 15.5. The number of rotatable bonds is 5. The molecule has 2 N–H and O–H groups in total. The maximum Gasteiger partial charge on any atom is 0.330 e. The summed E-state index contributed by atoms with van der Waals surface area (Å²) in [5.74, 6) is -0.627. The van der Waals surface area contributed by atoms with E-state index in [0.29, 0.717) is 17.8 Å². The number of esters is 1. The summed E-state index contributed by atoms with van der Waals surface area (Å²) < 4.78 is 4.46. The van der Waals surface area contributed by atoms with Crippen molar-refractivity contribution in [2.24, 2.45) is 0 Å². The number of carbonyl (C=O) groups is 2. The highest BCUT2D eigenvalue weighted by atomic mass is 16.6. The zero-order valence-corrected chi connectivity index (χ0v) is 11.9. The second kappa shape index (κ2) is 6.70. The third-order valence-corrected chi connectivity index (χ3v) is 3.17. The van der Waals surface area contributed by atoms with Crippen molar-refractivity contribution in [3.63, 3.8) is 0 Å². The van der Waals surface area contributed by atoms with E-state index in [1.165, 1.54) is 25.3 Å². The van der Waals surface area contributed by atoms with Crippen LogP contribution in [-0.4, -0.2) is 36.5 Å². The third-order valence-electron chi connectivity index (χ3n) is 3.17. The number of hydrogen-bond acceptors (Lipinski definition) is 6. The van der Waals surface area contributed by atoms with Crippen molar-refractivity contribution >= 4 is 29.3 Å². The largest absolute Gasteiger partial charge is 0.466 e. The summed E-state index contributed by atoms with van der Waals surface area (Å²) in [6, 6.07) is 4.37. The van der Waals surface area contributed by atoms with E-state index in [1.54, 1.807) is 12.1 Å². The molecule has 1 saturated heterocycles. The van der Waals surface area contributed by atoms with Crippen LogP contribution in [0.5, 0.6) is 0 Å². The van der Waals surface area contributed by atoms with Gasteiger partial charge in [-0.05, 0) is 17.7 Å². The Morgan fingerprint density at radius 3 is 2.91 bits per heavy atom. The van der Waals surface area contributed by atoms with Gasteiger partial charge < -0.3 is 15.4 Å². The lowest BCUT2D eigenvalue weighted by Crippen LogP contribution is -2.22. The zero-order chi connectivity index (χ0) is 16.1. The van der Waals surface area contributed by atoms with E-state index in [1.807, 2.05) is 0 Å². The average Bonchev–Trinajstić information content (AvgIpc) is 2.90. The van der Waals surface area contributed by atoms with Gasteiger partial charge in [-0.25, -0.2) is 4.79 Å². The Bertz CT molecular complexity index is 641. The fourth-order valence-corrected chi connectivity index (χ4v) is 2.08. The Balaban J connectivity index is 2.20. The van der Waals surface area contributed by atoms with Crippen molar-refractivity contribution < 1.29 is 19.2 Å². The SMILES string of the molecule is COC(=O)/C=C/c1ccc(NC2CNC(=O)C2)c([N+](=O)[O-])c1. The molecule has 8 heteroatoms. The van der Waals surface area contributed by atoms with Crippen LogP contribution in [0.15, 0.2) is 24.3 Å². The van der Waals surface area contributed by atoms with Crippen LogP contribution in [0.25, 0.3) is 6.08 Å². The molecule has 1 aromatic carbocycles. The zero-order valence-electron chi connectivity index (χ0n) is 11.9. The van der Waals surface area contributed by atoms with Gasteiger partial charge in [0.2, 0.25) is 5.91 Å².